The third-order valence-corrected chi connectivity index (χ3v) is 11.9. The molecule has 5 aromatic heterocycles. The summed E-state index contributed by atoms with van der Waals surface area (Å²) in [7, 11) is 0. The third-order valence-electron chi connectivity index (χ3n) is 11.9. The molecule has 59 heavy (non-hydrogen) atoms. The SMILES string of the molecule is N#Cc1cc(-c2nc(-c3ccccc3)nc(-c3ccccc3)n2)c2oc3ccccc3c2c1-n1c2ccccc2c2cc3c(cc21)c1cccc2c4ccccc4n3c21. The van der Waals surface area contributed by atoms with Crippen LogP contribution >= 0.6 is 0 Å². The molecule has 8 aromatic carbocycles. The van der Waals surface area contributed by atoms with E-state index in [4.69, 9.17) is 19.4 Å². The first-order chi connectivity index (χ1) is 29.2. The number of hydrogen-bond acceptors (Lipinski definition) is 5. The summed E-state index contributed by atoms with van der Waals surface area (Å²) in [5.74, 6) is 1.49. The van der Waals surface area contributed by atoms with Crippen molar-refractivity contribution in [3.05, 3.63) is 175 Å². The molecule has 0 saturated heterocycles. The van der Waals surface area contributed by atoms with Gasteiger partial charge in [0, 0.05) is 48.8 Å². The van der Waals surface area contributed by atoms with E-state index < -0.39 is 0 Å². The molecule has 7 nitrogen and oxygen atoms in total. The molecule has 13 rings (SSSR count). The fourth-order valence-corrected chi connectivity index (χ4v) is 9.43. The number of rotatable bonds is 4. The predicted molar refractivity (Wildman–Crippen MR) is 237 cm³/mol. The number of benzene rings is 8. The van der Waals surface area contributed by atoms with E-state index in [1.807, 2.05) is 84.9 Å². The summed E-state index contributed by atoms with van der Waals surface area (Å²) in [5.41, 5.74) is 10.4. The van der Waals surface area contributed by atoms with Gasteiger partial charge in [0.25, 0.3) is 0 Å². The van der Waals surface area contributed by atoms with Crippen LogP contribution in [0.15, 0.2) is 174 Å². The summed E-state index contributed by atoms with van der Waals surface area (Å²) < 4.78 is 11.5. The van der Waals surface area contributed by atoms with Crippen LogP contribution in [0.25, 0.3) is 122 Å². The van der Waals surface area contributed by atoms with Gasteiger partial charge in [-0.15, -0.1) is 0 Å². The van der Waals surface area contributed by atoms with Crippen LogP contribution in [0, 0.1) is 11.3 Å². The maximum absolute atomic E-state index is 11.3. The minimum Gasteiger partial charge on any atom is -0.455 e. The number of hydrogen-bond donors (Lipinski definition) is 0. The Morgan fingerprint density at radius 3 is 1.71 bits per heavy atom. The molecule has 0 atom stereocenters. The van der Waals surface area contributed by atoms with Gasteiger partial charge in [0.15, 0.2) is 17.5 Å². The highest BCUT2D eigenvalue weighted by molar-refractivity contribution is 6.26. The first-order valence-electron chi connectivity index (χ1n) is 19.6. The molecule has 13 aromatic rings. The van der Waals surface area contributed by atoms with E-state index in [-0.39, 0.29) is 0 Å². The molecule has 0 aliphatic rings. The summed E-state index contributed by atoms with van der Waals surface area (Å²) in [6.45, 7) is 0. The highest BCUT2D eigenvalue weighted by atomic mass is 16.3. The Bertz CT molecular complexity index is 3850. The smallest absolute Gasteiger partial charge is 0.167 e. The van der Waals surface area contributed by atoms with E-state index in [2.05, 4.69) is 100.0 Å². The molecule has 0 bridgehead atoms. The monoisotopic (exact) mass is 752 g/mol. The Labute approximate surface area is 335 Å². The number of fused-ring (bicyclic) bond motifs is 12. The van der Waals surface area contributed by atoms with Crippen LogP contribution in [0.5, 0.6) is 0 Å². The lowest BCUT2D eigenvalue weighted by Crippen LogP contribution is -2.03. The van der Waals surface area contributed by atoms with Crippen LogP contribution in [-0.4, -0.2) is 23.9 Å². The van der Waals surface area contributed by atoms with Crippen molar-refractivity contribution >= 4 is 81.8 Å². The number of aromatic nitrogens is 5. The minimum absolute atomic E-state index is 0.423. The van der Waals surface area contributed by atoms with Gasteiger partial charge in [-0.2, -0.15) is 5.26 Å². The molecule has 0 saturated carbocycles. The number of nitriles is 1. The van der Waals surface area contributed by atoms with Crippen LogP contribution in [0.4, 0.5) is 0 Å². The Kier molecular flexibility index (Phi) is 6.38. The number of furan rings is 1. The second-order valence-electron chi connectivity index (χ2n) is 15.1. The zero-order valence-corrected chi connectivity index (χ0v) is 31.3. The predicted octanol–water partition coefficient (Wildman–Crippen LogP) is 12.9. The van der Waals surface area contributed by atoms with Gasteiger partial charge in [0.2, 0.25) is 0 Å². The van der Waals surface area contributed by atoms with Gasteiger partial charge in [-0.3, -0.25) is 0 Å². The van der Waals surface area contributed by atoms with Crippen molar-refractivity contribution in [1.82, 2.24) is 23.9 Å². The molecule has 0 fully saturated rings. The van der Waals surface area contributed by atoms with Crippen molar-refractivity contribution in [1.29, 1.82) is 5.26 Å². The van der Waals surface area contributed by atoms with E-state index in [1.165, 1.54) is 27.2 Å². The summed E-state index contributed by atoms with van der Waals surface area (Å²) >= 11 is 0. The van der Waals surface area contributed by atoms with Gasteiger partial charge >= 0.3 is 0 Å². The number of para-hydroxylation sites is 4. The molecule has 0 spiro atoms. The van der Waals surface area contributed by atoms with Gasteiger partial charge < -0.3 is 13.4 Å². The van der Waals surface area contributed by atoms with E-state index in [9.17, 15) is 5.26 Å². The fraction of sp³-hybridized carbons (Fsp3) is 0. The highest BCUT2D eigenvalue weighted by Gasteiger charge is 2.27. The molecule has 0 aliphatic heterocycles. The van der Waals surface area contributed by atoms with Crippen molar-refractivity contribution in [2.24, 2.45) is 0 Å². The highest BCUT2D eigenvalue weighted by Crippen LogP contribution is 2.46. The van der Waals surface area contributed by atoms with Crippen molar-refractivity contribution in [2.45, 2.75) is 0 Å². The Balaban J connectivity index is 1.16. The van der Waals surface area contributed by atoms with Gasteiger partial charge in [-0.05, 0) is 36.4 Å². The zero-order chi connectivity index (χ0) is 38.8. The second kappa shape index (κ2) is 11.8. The van der Waals surface area contributed by atoms with E-state index in [1.54, 1.807) is 0 Å². The summed E-state index contributed by atoms with van der Waals surface area (Å²) in [5, 5.41) is 20.0. The van der Waals surface area contributed by atoms with Gasteiger partial charge in [-0.25, -0.2) is 15.0 Å². The molecule has 0 amide bonds. The lowest BCUT2D eigenvalue weighted by atomic mass is 10.0. The largest absolute Gasteiger partial charge is 0.455 e. The van der Waals surface area contributed by atoms with Crippen LogP contribution in [0.1, 0.15) is 5.56 Å². The normalized spacial score (nSPS) is 12.1. The third kappa shape index (κ3) is 4.37. The first kappa shape index (κ1) is 31.8. The molecular weight excluding hydrogens is 725 g/mol. The fourth-order valence-electron chi connectivity index (χ4n) is 9.43. The Hall–Kier alpha value is -8.34. The van der Waals surface area contributed by atoms with Crippen molar-refractivity contribution in [2.75, 3.05) is 0 Å². The molecule has 272 valence electrons. The van der Waals surface area contributed by atoms with Crippen LogP contribution in [0.2, 0.25) is 0 Å². The summed E-state index contributed by atoms with van der Waals surface area (Å²) in [6.07, 6.45) is 0. The van der Waals surface area contributed by atoms with Crippen LogP contribution in [-0.2, 0) is 0 Å². The molecule has 7 heteroatoms. The zero-order valence-electron chi connectivity index (χ0n) is 31.3. The maximum Gasteiger partial charge on any atom is 0.167 e. The maximum atomic E-state index is 11.3. The lowest BCUT2D eigenvalue weighted by Gasteiger charge is -2.14. The Morgan fingerprint density at radius 1 is 0.458 bits per heavy atom. The second-order valence-corrected chi connectivity index (χ2v) is 15.1. The average Bonchev–Trinajstić information content (AvgIpc) is 4.04. The van der Waals surface area contributed by atoms with E-state index in [0.717, 1.165) is 60.3 Å². The molecule has 0 N–H and O–H groups in total. The minimum atomic E-state index is 0.423. The van der Waals surface area contributed by atoms with E-state index in [0.29, 0.717) is 39.8 Å². The van der Waals surface area contributed by atoms with E-state index >= 15 is 0 Å². The quantitative estimate of drug-likeness (QED) is 0.179. The molecule has 5 heterocycles. The molecule has 0 radical (unpaired) electrons. The van der Waals surface area contributed by atoms with Crippen LogP contribution in [0.3, 0.4) is 0 Å². The molecule has 0 unspecified atom stereocenters. The van der Waals surface area contributed by atoms with Crippen molar-refractivity contribution < 1.29 is 4.42 Å². The van der Waals surface area contributed by atoms with Gasteiger partial charge in [0.05, 0.1) is 49.8 Å². The molecular formula is C52H28N6O. The summed E-state index contributed by atoms with van der Waals surface area (Å²) in [4.78, 5) is 15.1. The lowest BCUT2D eigenvalue weighted by molar-refractivity contribution is 0.669. The van der Waals surface area contributed by atoms with Gasteiger partial charge in [-0.1, -0.05) is 133 Å². The standard InChI is InChI=1S/C52H28N6O/c53-29-32-26-40(52-55-50(30-14-3-1-4-15-30)54-51(56-52)31-16-5-2-6-17-31)49-46(37-20-9-12-25-45(37)59-49)47(32)57-42-24-11-8-19-34(42)38-27-44-39(28-43(38)57)36-22-13-21-35-33-18-7-10-23-41(33)58(44)48(35)36/h1-28H. The number of nitrogens with zero attached hydrogens (tertiary/aromatic N) is 6. The van der Waals surface area contributed by atoms with Crippen molar-refractivity contribution in [3.63, 3.8) is 0 Å². The van der Waals surface area contributed by atoms with Crippen molar-refractivity contribution in [3.8, 4) is 45.9 Å². The molecule has 0 aliphatic carbocycles. The average molecular weight is 753 g/mol. The Morgan fingerprint density at radius 2 is 1.00 bits per heavy atom. The van der Waals surface area contributed by atoms with Gasteiger partial charge in [0.1, 0.15) is 17.2 Å². The first-order valence-corrected chi connectivity index (χ1v) is 19.6. The van der Waals surface area contributed by atoms with Crippen LogP contribution < -0.4 is 0 Å². The topological polar surface area (TPSA) is 84.9 Å². The summed E-state index contributed by atoms with van der Waals surface area (Å²) in [6, 6.07) is 60.7.